The van der Waals surface area contributed by atoms with Crippen molar-refractivity contribution in [2.75, 3.05) is 27.8 Å². The first kappa shape index (κ1) is 82.5. The SMILES string of the molecule is C#CC1(O)CCC2C3CCC4=Cc5oncc5CC4(C)C3CCC21C.CCC(=O)OC1C(OC2C(C)C(OC3CC(C)(OC)C(O)C(C)O3)C(C)C(=O)OC(CC)C(C)(O)C(O)C(C)C(=O)C(C)CC2(C)O)OC(C)CC1N(C)C.CCCCCCCCCCCCOS(=O)(=O)O. The summed E-state index contributed by atoms with van der Waals surface area (Å²) in [7, 11) is 0.973. The fourth-order valence-electron chi connectivity index (χ4n) is 17.6. The van der Waals surface area contributed by atoms with Gasteiger partial charge in [0.1, 0.15) is 29.2 Å². The predicted molar refractivity (Wildman–Crippen MR) is 366 cm³/mol. The topological polar surface area (TPSA) is 310 Å². The van der Waals surface area contributed by atoms with Gasteiger partial charge in [-0.1, -0.05) is 130 Å². The fourth-order valence-corrected chi connectivity index (χ4v) is 18.0. The maximum atomic E-state index is 14.2. The van der Waals surface area contributed by atoms with Crippen LogP contribution in [0.1, 0.15) is 243 Å². The van der Waals surface area contributed by atoms with Crippen LogP contribution in [0.15, 0.2) is 16.3 Å². The Balaban J connectivity index is 0.000000286. The van der Waals surface area contributed by atoms with E-state index < -0.39 is 130 Å². The maximum Gasteiger partial charge on any atom is 0.397 e. The van der Waals surface area contributed by atoms with Crippen LogP contribution in [0.5, 0.6) is 0 Å². The number of nitrogens with zero attached hydrogens (tertiary/aromatic N) is 2. The van der Waals surface area contributed by atoms with E-state index in [-0.39, 0.29) is 55.3 Å². The second-order valence-electron chi connectivity index (χ2n) is 31.1. The number of unbranched alkanes of at least 4 members (excludes halogenated alkanes) is 9. The second-order valence-corrected chi connectivity index (χ2v) is 32.2. The lowest BCUT2D eigenvalue weighted by atomic mass is 9.46. The third-order valence-electron chi connectivity index (χ3n) is 23.7. The molecule has 0 bridgehead atoms. The average molecular weight is 1390 g/mol. The zero-order valence-corrected chi connectivity index (χ0v) is 62.4. The number of hydrogen-bond acceptors (Lipinski definition) is 21. The number of ketones is 1. The Morgan fingerprint density at radius 1 is 0.814 bits per heavy atom. The molecule has 22 nitrogen and oxygen atoms in total. The van der Waals surface area contributed by atoms with Gasteiger partial charge in [-0.3, -0.25) is 18.9 Å². The van der Waals surface area contributed by atoms with E-state index in [0.717, 1.165) is 57.1 Å². The van der Waals surface area contributed by atoms with Crippen molar-refractivity contribution >= 4 is 34.2 Å². The summed E-state index contributed by atoms with van der Waals surface area (Å²) in [6.07, 6.45) is 19.6. The van der Waals surface area contributed by atoms with Gasteiger partial charge in [0.2, 0.25) is 0 Å². The summed E-state index contributed by atoms with van der Waals surface area (Å²) >= 11 is 0. The molecule has 0 amide bonds. The summed E-state index contributed by atoms with van der Waals surface area (Å²) in [5, 5.41) is 61.7. The number of allylic oxidation sites excluding steroid dienone is 1. The zero-order valence-electron chi connectivity index (χ0n) is 61.6. The highest BCUT2D eigenvalue weighted by Gasteiger charge is 2.64. The molecule has 6 fully saturated rings. The molecule has 3 saturated carbocycles. The molecule has 0 spiro atoms. The van der Waals surface area contributed by atoms with Gasteiger partial charge in [0.15, 0.2) is 24.4 Å². The summed E-state index contributed by atoms with van der Waals surface area (Å²) < 4.78 is 82.0. The van der Waals surface area contributed by atoms with Crippen LogP contribution < -0.4 is 0 Å². The largest absolute Gasteiger partial charge is 0.459 e. The van der Waals surface area contributed by atoms with Gasteiger partial charge in [-0.05, 0) is 156 Å². The van der Waals surface area contributed by atoms with Gasteiger partial charge in [0.05, 0.1) is 66.5 Å². The van der Waals surface area contributed by atoms with Crippen LogP contribution in [-0.2, 0) is 68.5 Å². The lowest BCUT2D eigenvalue weighted by Crippen LogP contribution is -2.61. The first-order valence-electron chi connectivity index (χ1n) is 36.4. The number of ether oxygens (including phenoxy) is 7. The van der Waals surface area contributed by atoms with Crippen LogP contribution in [0.3, 0.4) is 0 Å². The third-order valence-corrected chi connectivity index (χ3v) is 24.2. The van der Waals surface area contributed by atoms with E-state index in [1.54, 1.807) is 54.0 Å². The fraction of sp³-hybridized carbons (Fsp3) is 0.865. The number of fused-ring (bicyclic) bond motifs is 6. The van der Waals surface area contributed by atoms with Crippen LogP contribution >= 0.6 is 0 Å². The Labute approximate surface area is 580 Å². The predicted octanol–water partition coefficient (Wildman–Crippen LogP) is 10.7. The van der Waals surface area contributed by atoms with Gasteiger partial charge < -0.3 is 68.1 Å². The Morgan fingerprint density at radius 3 is 2.03 bits per heavy atom. The van der Waals surface area contributed by atoms with Gasteiger partial charge in [0, 0.05) is 48.7 Å². The number of aliphatic hydroxyl groups is 5. The van der Waals surface area contributed by atoms with Gasteiger partial charge in [0.25, 0.3) is 0 Å². The summed E-state index contributed by atoms with van der Waals surface area (Å²) in [5.41, 5.74) is -2.93. The molecule has 1 aromatic rings. The number of likely N-dealkylation sites (N-methyl/N-ethyl adjacent to an activating group) is 1. The number of aliphatic hydroxyl groups excluding tert-OH is 2. The first-order chi connectivity index (χ1) is 45.3. The monoisotopic (exact) mass is 1390 g/mol. The highest BCUT2D eigenvalue weighted by Crippen LogP contribution is 2.67. The van der Waals surface area contributed by atoms with Gasteiger partial charge in [-0.15, -0.1) is 6.42 Å². The van der Waals surface area contributed by atoms with Crippen LogP contribution in [0.25, 0.3) is 6.08 Å². The molecule has 97 heavy (non-hydrogen) atoms. The van der Waals surface area contributed by atoms with E-state index in [9.17, 15) is 48.3 Å². The highest BCUT2D eigenvalue weighted by molar-refractivity contribution is 7.80. The van der Waals surface area contributed by atoms with Crippen molar-refractivity contribution in [3.63, 3.8) is 0 Å². The Bertz CT molecular complexity index is 2890. The quantitative estimate of drug-likeness (QED) is 0.0288. The standard InChI is InChI=1S/C40H71NO14.C22H27NO2.C12H26O4S/c1-15-27-40(11,48)33(44)22(5)30(43)20(3)18-38(9,47)35(55-37-32(53-28(42)16-2)26(41(12)13)17-21(4)50-37)23(6)31(24(7)36(46)52-27)54-29-19-39(10,49-14)34(45)25(8)51-29;1-4-22(24)10-8-18-16-6-5-15-11-19-14(13-23-25-19)12-20(15,2)17(16)7-9-21(18,22)3;1-2-3-4-5-6-7-8-9-10-11-12-16-17(13,14)15/h20-27,29,31-35,37,44-45,47-48H,15-19H2,1-14H3;1,11,13,16-18,24H,5-10,12H2,2-3H3;2-12H2,1H3,(H,13,14,15). The molecular weight excluding hydrogens is 1270 g/mol. The number of rotatable bonds is 21. The molecule has 4 aliphatic carbocycles. The van der Waals surface area contributed by atoms with Gasteiger partial charge in [-0.2, -0.15) is 8.42 Å². The number of methoxy groups -OCH3 is 1. The maximum absolute atomic E-state index is 14.2. The summed E-state index contributed by atoms with van der Waals surface area (Å²) in [6, 6.07) is -0.319. The molecule has 4 heterocycles. The molecule has 3 saturated heterocycles. The summed E-state index contributed by atoms with van der Waals surface area (Å²) in [6.45, 7) is 25.0. The molecule has 6 N–H and O–H groups in total. The smallest absolute Gasteiger partial charge is 0.397 e. The number of carbonyl (C=O) groups is 3. The number of cyclic esters (lactones) is 1. The van der Waals surface area contributed by atoms with Crippen LogP contribution in [0, 0.1) is 64.6 Å². The molecule has 0 aromatic carbocycles. The number of Topliss-reactive ketones (excluding diaryl/α,β-unsaturated/α-hetero) is 1. The molecule has 1 aromatic heterocycles. The van der Waals surface area contributed by atoms with Crippen molar-refractivity contribution < 1.29 is 94.8 Å². The van der Waals surface area contributed by atoms with Crippen molar-refractivity contribution in [1.82, 2.24) is 10.1 Å². The average Bonchev–Trinajstić information content (AvgIpc) is 1.65. The molecule has 556 valence electrons. The Morgan fingerprint density at radius 2 is 1.44 bits per heavy atom. The van der Waals surface area contributed by atoms with E-state index in [1.165, 1.54) is 84.8 Å². The molecule has 8 rings (SSSR count). The van der Waals surface area contributed by atoms with Crippen molar-refractivity contribution in [3.8, 4) is 12.3 Å². The minimum Gasteiger partial charge on any atom is -0.459 e. The minimum atomic E-state index is -4.23. The van der Waals surface area contributed by atoms with E-state index in [4.69, 9.17) is 48.7 Å². The molecule has 7 aliphatic rings. The van der Waals surface area contributed by atoms with Gasteiger partial charge in [-0.25, -0.2) is 4.18 Å². The number of esters is 2. The molecule has 24 unspecified atom stereocenters. The van der Waals surface area contributed by atoms with Crippen molar-refractivity contribution in [3.05, 3.63) is 23.1 Å². The minimum absolute atomic E-state index is 0.0760. The lowest BCUT2D eigenvalue weighted by molar-refractivity contribution is -0.319. The summed E-state index contributed by atoms with van der Waals surface area (Å²) in [5.74, 6) is 0.0500. The zero-order chi connectivity index (χ0) is 72.4. The van der Waals surface area contributed by atoms with Crippen LogP contribution in [-0.4, -0.2) is 184 Å². The van der Waals surface area contributed by atoms with E-state index in [0.29, 0.717) is 30.6 Å². The molecule has 3 aliphatic heterocycles. The van der Waals surface area contributed by atoms with E-state index in [1.807, 2.05) is 32.1 Å². The van der Waals surface area contributed by atoms with E-state index >= 15 is 0 Å². The Hall–Kier alpha value is -3.45. The lowest BCUT2D eigenvalue weighted by Gasteiger charge is -2.58. The van der Waals surface area contributed by atoms with Crippen LogP contribution in [0.2, 0.25) is 0 Å². The normalized spacial score (nSPS) is 41.0. The highest BCUT2D eigenvalue weighted by atomic mass is 32.3. The first-order valence-corrected chi connectivity index (χ1v) is 37.7. The van der Waals surface area contributed by atoms with Crippen molar-refractivity contribution in [2.45, 2.75) is 328 Å². The number of aromatic nitrogens is 1. The van der Waals surface area contributed by atoms with Gasteiger partial charge >= 0.3 is 22.3 Å². The molecule has 23 heteroatoms. The molecular formula is C74H124N2O20S. The molecule has 0 radical (unpaired) electrons. The number of carbonyl (C=O) groups excluding carboxylic acids is 3. The van der Waals surface area contributed by atoms with E-state index in [2.05, 4.69) is 42.1 Å². The molecule has 24 atom stereocenters. The Kier molecular flexibility index (Phi) is 29.5. The third kappa shape index (κ3) is 19.4. The summed E-state index contributed by atoms with van der Waals surface area (Å²) in [4.78, 5) is 42.9. The number of terminal acetylenes is 1. The second kappa shape index (κ2) is 34.7. The van der Waals surface area contributed by atoms with Crippen molar-refractivity contribution in [1.29, 1.82) is 0 Å². The number of hydrogen-bond donors (Lipinski definition) is 6. The van der Waals surface area contributed by atoms with Crippen molar-refractivity contribution in [2.24, 2.45) is 52.3 Å². The van der Waals surface area contributed by atoms with Crippen LogP contribution in [0.4, 0.5) is 0 Å².